The van der Waals surface area contributed by atoms with Crippen molar-refractivity contribution in [3.05, 3.63) is 46.0 Å². The van der Waals surface area contributed by atoms with Gasteiger partial charge in [0.05, 0.1) is 27.7 Å². The van der Waals surface area contributed by atoms with Gasteiger partial charge in [0, 0.05) is 38.2 Å². The van der Waals surface area contributed by atoms with Gasteiger partial charge in [0.25, 0.3) is 0 Å². The van der Waals surface area contributed by atoms with E-state index in [2.05, 4.69) is 44.8 Å². The molecule has 1 fully saturated rings. The molecule has 1 saturated heterocycles. The molecule has 4 rings (SSSR count). The number of carbonyl (C=O) groups excluding carboxylic acids is 1. The highest BCUT2D eigenvalue weighted by molar-refractivity contribution is 9.10. The predicted octanol–water partition coefficient (Wildman–Crippen LogP) is 3.95. The van der Waals surface area contributed by atoms with Crippen LogP contribution in [0.1, 0.15) is 42.4 Å². The van der Waals surface area contributed by atoms with Crippen LogP contribution >= 0.6 is 15.9 Å². The molecule has 0 radical (unpaired) electrons. The van der Waals surface area contributed by atoms with Gasteiger partial charge < -0.3 is 9.47 Å². The summed E-state index contributed by atoms with van der Waals surface area (Å²) in [6.45, 7) is 6.19. The first kappa shape index (κ1) is 19.2. The van der Waals surface area contributed by atoms with Gasteiger partial charge in [-0.3, -0.25) is 9.48 Å². The van der Waals surface area contributed by atoms with Crippen LogP contribution < -0.4 is 0 Å². The number of hydrogen-bond donors (Lipinski definition) is 0. The Bertz CT molecular complexity index is 1020. The Morgan fingerprint density at radius 3 is 2.79 bits per heavy atom. The van der Waals surface area contributed by atoms with Gasteiger partial charge in [0.1, 0.15) is 5.82 Å². The minimum Gasteiger partial charge on any atom is -0.342 e. The maximum atomic E-state index is 12.9. The smallest absolute Gasteiger partial charge is 0.224 e. The first-order chi connectivity index (χ1) is 13.5. The van der Waals surface area contributed by atoms with Gasteiger partial charge in [0.15, 0.2) is 0 Å². The van der Waals surface area contributed by atoms with Crippen molar-refractivity contribution < 1.29 is 4.79 Å². The summed E-state index contributed by atoms with van der Waals surface area (Å²) in [5.41, 5.74) is 4.21. The van der Waals surface area contributed by atoms with Gasteiger partial charge >= 0.3 is 0 Å². The van der Waals surface area contributed by atoms with Crippen LogP contribution in [0.25, 0.3) is 11.0 Å². The number of para-hydroxylation sites is 2. The number of halogens is 1. The van der Waals surface area contributed by atoms with E-state index < -0.39 is 0 Å². The van der Waals surface area contributed by atoms with Crippen molar-refractivity contribution in [2.45, 2.75) is 45.6 Å². The molecular formula is C21H26BrN5O. The number of carbonyl (C=O) groups is 1. The molecule has 148 valence electrons. The standard InChI is InChI=1S/C21H26BrN5O/c1-14-20(22)15(2)27(24-14)12-10-19(28)26-11-6-7-16(13-26)21-23-17-8-4-5-9-18(17)25(21)3/h4-5,8-9,16H,6-7,10-13H2,1-3H3. The van der Waals surface area contributed by atoms with E-state index in [4.69, 9.17) is 4.98 Å². The fraction of sp³-hybridized carbons (Fsp3) is 0.476. The van der Waals surface area contributed by atoms with Gasteiger partial charge in [-0.15, -0.1) is 0 Å². The van der Waals surface area contributed by atoms with Crippen molar-refractivity contribution in [3.63, 3.8) is 0 Å². The zero-order valence-electron chi connectivity index (χ0n) is 16.7. The summed E-state index contributed by atoms with van der Waals surface area (Å²) >= 11 is 3.55. The van der Waals surface area contributed by atoms with Crippen LogP contribution in [-0.4, -0.2) is 43.2 Å². The van der Waals surface area contributed by atoms with Gasteiger partial charge in [-0.05, 0) is 54.8 Å². The second kappa shape index (κ2) is 7.70. The van der Waals surface area contributed by atoms with Crippen LogP contribution in [0, 0.1) is 13.8 Å². The number of hydrogen-bond acceptors (Lipinski definition) is 3. The Kier molecular flexibility index (Phi) is 5.27. The molecule has 1 aliphatic heterocycles. The Morgan fingerprint density at radius 2 is 2.07 bits per heavy atom. The average Bonchev–Trinajstić information content (AvgIpc) is 3.18. The molecule has 3 heterocycles. The van der Waals surface area contributed by atoms with Crippen molar-refractivity contribution >= 4 is 32.9 Å². The number of nitrogens with zero attached hydrogens (tertiary/aromatic N) is 5. The number of amides is 1. The number of rotatable bonds is 4. The van der Waals surface area contributed by atoms with Gasteiger partial charge in [-0.1, -0.05) is 12.1 Å². The van der Waals surface area contributed by atoms with E-state index in [-0.39, 0.29) is 11.8 Å². The summed E-state index contributed by atoms with van der Waals surface area (Å²) in [5, 5.41) is 4.51. The lowest BCUT2D eigenvalue weighted by Crippen LogP contribution is -2.40. The van der Waals surface area contributed by atoms with Gasteiger partial charge in [0.2, 0.25) is 5.91 Å². The molecule has 7 heteroatoms. The summed E-state index contributed by atoms with van der Waals surface area (Å²) < 4.78 is 5.13. The van der Waals surface area contributed by atoms with E-state index in [1.807, 2.05) is 35.6 Å². The average molecular weight is 444 g/mol. The van der Waals surface area contributed by atoms with Crippen molar-refractivity contribution in [2.24, 2.45) is 7.05 Å². The van der Waals surface area contributed by atoms with E-state index in [1.165, 1.54) is 0 Å². The van der Waals surface area contributed by atoms with Crippen molar-refractivity contribution in [1.29, 1.82) is 0 Å². The highest BCUT2D eigenvalue weighted by Gasteiger charge is 2.28. The monoisotopic (exact) mass is 443 g/mol. The highest BCUT2D eigenvalue weighted by Crippen LogP contribution is 2.29. The zero-order chi connectivity index (χ0) is 19.8. The van der Waals surface area contributed by atoms with Crippen LogP contribution in [0.2, 0.25) is 0 Å². The fourth-order valence-corrected chi connectivity index (χ4v) is 4.48. The Balaban J connectivity index is 1.45. The van der Waals surface area contributed by atoms with E-state index in [0.29, 0.717) is 13.0 Å². The maximum Gasteiger partial charge on any atom is 0.224 e. The number of fused-ring (bicyclic) bond motifs is 1. The fourth-order valence-electron chi connectivity index (χ4n) is 4.20. The molecule has 0 spiro atoms. The number of likely N-dealkylation sites (tertiary alicyclic amines) is 1. The normalized spacial score (nSPS) is 17.4. The quantitative estimate of drug-likeness (QED) is 0.613. The highest BCUT2D eigenvalue weighted by atomic mass is 79.9. The summed E-state index contributed by atoms with van der Waals surface area (Å²) in [6, 6.07) is 8.22. The third-order valence-electron chi connectivity index (χ3n) is 5.79. The SMILES string of the molecule is Cc1nn(CCC(=O)N2CCCC(c3nc4ccccc4n3C)C2)c(C)c1Br. The molecule has 0 bridgehead atoms. The summed E-state index contributed by atoms with van der Waals surface area (Å²) in [6.07, 6.45) is 2.57. The van der Waals surface area contributed by atoms with Gasteiger partial charge in [-0.25, -0.2) is 4.98 Å². The largest absolute Gasteiger partial charge is 0.342 e. The van der Waals surface area contributed by atoms with Crippen LogP contribution in [0.4, 0.5) is 0 Å². The Hall–Kier alpha value is -2.15. The molecule has 28 heavy (non-hydrogen) atoms. The van der Waals surface area contributed by atoms with E-state index >= 15 is 0 Å². The molecule has 3 aromatic rings. The molecular weight excluding hydrogens is 418 g/mol. The molecule has 1 amide bonds. The lowest BCUT2D eigenvalue weighted by Gasteiger charge is -2.32. The van der Waals surface area contributed by atoms with E-state index in [0.717, 1.165) is 58.6 Å². The molecule has 0 aliphatic carbocycles. The first-order valence-electron chi connectivity index (χ1n) is 9.84. The van der Waals surface area contributed by atoms with Crippen molar-refractivity contribution in [2.75, 3.05) is 13.1 Å². The molecule has 0 saturated carbocycles. The molecule has 1 atom stereocenters. The molecule has 1 aromatic carbocycles. The van der Waals surface area contributed by atoms with E-state index in [9.17, 15) is 4.79 Å². The third-order valence-corrected chi connectivity index (χ3v) is 6.94. The molecule has 6 nitrogen and oxygen atoms in total. The number of piperidine rings is 1. The van der Waals surface area contributed by atoms with E-state index in [1.54, 1.807) is 0 Å². The zero-order valence-corrected chi connectivity index (χ0v) is 18.2. The van der Waals surface area contributed by atoms with Crippen LogP contribution in [0.5, 0.6) is 0 Å². The minimum atomic E-state index is 0.201. The second-order valence-electron chi connectivity index (χ2n) is 7.65. The first-order valence-corrected chi connectivity index (χ1v) is 10.6. The molecule has 1 aliphatic rings. The van der Waals surface area contributed by atoms with Crippen LogP contribution in [0.15, 0.2) is 28.7 Å². The summed E-state index contributed by atoms with van der Waals surface area (Å²) in [7, 11) is 2.08. The van der Waals surface area contributed by atoms with Crippen LogP contribution in [-0.2, 0) is 18.4 Å². The third kappa shape index (κ3) is 3.48. The number of benzene rings is 1. The van der Waals surface area contributed by atoms with Crippen molar-refractivity contribution in [3.8, 4) is 0 Å². The predicted molar refractivity (Wildman–Crippen MR) is 113 cm³/mol. The summed E-state index contributed by atoms with van der Waals surface area (Å²) in [4.78, 5) is 19.7. The molecule has 0 N–H and O–H groups in total. The number of aryl methyl sites for hydroxylation is 3. The minimum absolute atomic E-state index is 0.201. The lowest BCUT2D eigenvalue weighted by atomic mass is 9.97. The topological polar surface area (TPSA) is 56.0 Å². The second-order valence-corrected chi connectivity index (χ2v) is 8.45. The van der Waals surface area contributed by atoms with Crippen molar-refractivity contribution in [1.82, 2.24) is 24.2 Å². The molecule has 1 unspecified atom stereocenters. The number of aromatic nitrogens is 4. The maximum absolute atomic E-state index is 12.9. The van der Waals surface area contributed by atoms with Gasteiger partial charge in [-0.2, -0.15) is 5.10 Å². The molecule has 2 aromatic heterocycles. The number of imidazole rings is 1. The summed E-state index contributed by atoms with van der Waals surface area (Å²) in [5.74, 6) is 1.58. The Morgan fingerprint density at radius 1 is 1.29 bits per heavy atom. The van der Waals surface area contributed by atoms with Crippen LogP contribution in [0.3, 0.4) is 0 Å². The lowest BCUT2D eigenvalue weighted by molar-refractivity contribution is -0.132. The Labute approximate surface area is 173 Å².